The van der Waals surface area contributed by atoms with E-state index in [1.165, 1.54) is 12.8 Å². The minimum absolute atomic E-state index is 0.0802. The molecule has 0 amide bonds. The maximum absolute atomic E-state index is 5.85. The van der Waals surface area contributed by atoms with E-state index in [0.717, 1.165) is 36.3 Å². The van der Waals surface area contributed by atoms with Gasteiger partial charge in [-0.05, 0) is 56.7 Å². The molecule has 2 nitrogen and oxygen atoms in total. The average Bonchev–Trinajstić information content (AvgIpc) is 2.35. The van der Waals surface area contributed by atoms with Gasteiger partial charge in [0.1, 0.15) is 5.75 Å². The Kier molecular flexibility index (Phi) is 6.51. The van der Waals surface area contributed by atoms with Crippen molar-refractivity contribution < 1.29 is 4.74 Å². The predicted molar refractivity (Wildman–Crippen MR) is 77.9 cm³/mol. The van der Waals surface area contributed by atoms with Gasteiger partial charge in [-0.3, -0.25) is 0 Å². The van der Waals surface area contributed by atoms with Gasteiger partial charge in [0, 0.05) is 6.04 Å². The zero-order chi connectivity index (χ0) is 13.4. The molecule has 2 heteroatoms. The Labute approximate surface area is 111 Å². The fourth-order valence-electron chi connectivity index (χ4n) is 1.87. The van der Waals surface area contributed by atoms with Crippen molar-refractivity contribution in [3.05, 3.63) is 42.0 Å². The third kappa shape index (κ3) is 4.92. The van der Waals surface area contributed by atoms with E-state index in [1.807, 2.05) is 25.1 Å². The zero-order valence-electron chi connectivity index (χ0n) is 11.6. The number of hydrogen-bond acceptors (Lipinski definition) is 2. The van der Waals surface area contributed by atoms with Crippen LogP contribution in [0.4, 0.5) is 0 Å². The molecule has 1 rings (SSSR count). The zero-order valence-corrected chi connectivity index (χ0v) is 11.6. The molecule has 0 aliphatic heterocycles. The highest BCUT2D eigenvalue weighted by Gasteiger charge is 2.04. The van der Waals surface area contributed by atoms with Crippen LogP contribution in [0.5, 0.6) is 5.75 Å². The Morgan fingerprint density at radius 1 is 1.33 bits per heavy atom. The number of nitrogens with two attached hydrogens (primary N) is 1. The molecule has 100 valence electrons. The summed E-state index contributed by atoms with van der Waals surface area (Å²) in [5, 5.41) is 0. The molecule has 0 heterocycles. The van der Waals surface area contributed by atoms with Gasteiger partial charge in [-0.15, -0.1) is 6.58 Å². The van der Waals surface area contributed by atoms with Crippen LogP contribution < -0.4 is 10.5 Å². The molecule has 0 radical (unpaired) electrons. The summed E-state index contributed by atoms with van der Waals surface area (Å²) < 4.78 is 5.79. The summed E-state index contributed by atoms with van der Waals surface area (Å²) in [5.74, 6) is 0.975. The first-order valence-electron chi connectivity index (χ1n) is 6.75. The summed E-state index contributed by atoms with van der Waals surface area (Å²) in [6.07, 6.45) is 6.57. The van der Waals surface area contributed by atoms with Gasteiger partial charge in [0.2, 0.25) is 0 Å². The SMILES string of the molecule is C=CCCCCCOc1ccc([C@H](C)N)cc1C. The van der Waals surface area contributed by atoms with E-state index in [-0.39, 0.29) is 6.04 Å². The molecule has 0 saturated carbocycles. The Morgan fingerprint density at radius 2 is 2.11 bits per heavy atom. The molecule has 0 spiro atoms. The summed E-state index contributed by atoms with van der Waals surface area (Å²) in [7, 11) is 0. The number of hydrogen-bond donors (Lipinski definition) is 1. The quantitative estimate of drug-likeness (QED) is 0.553. The Morgan fingerprint density at radius 3 is 2.72 bits per heavy atom. The van der Waals surface area contributed by atoms with E-state index in [2.05, 4.69) is 19.6 Å². The van der Waals surface area contributed by atoms with Gasteiger partial charge < -0.3 is 10.5 Å². The van der Waals surface area contributed by atoms with Crippen molar-refractivity contribution in [2.45, 2.75) is 45.6 Å². The summed E-state index contributed by atoms with van der Waals surface area (Å²) in [4.78, 5) is 0. The molecular formula is C16H25NO. The first-order chi connectivity index (χ1) is 8.65. The minimum atomic E-state index is 0.0802. The third-order valence-electron chi connectivity index (χ3n) is 3.03. The highest BCUT2D eigenvalue weighted by Crippen LogP contribution is 2.22. The topological polar surface area (TPSA) is 35.2 Å². The number of aryl methyl sites for hydroxylation is 1. The normalized spacial score (nSPS) is 12.2. The lowest BCUT2D eigenvalue weighted by atomic mass is 10.1. The maximum atomic E-state index is 5.85. The highest BCUT2D eigenvalue weighted by atomic mass is 16.5. The molecule has 0 aliphatic carbocycles. The number of unbranched alkanes of at least 4 members (excludes halogenated alkanes) is 3. The summed E-state index contributed by atoms with van der Waals surface area (Å²) in [6, 6.07) is 6.26. The van der Waals surface area contributed by atoms with Crippen LogP contribution in [-0.4, -0.2) is 6.61 Å². The molecule has 1 atom stereocenters. The molecule has 0 unspecified atom stereocenters. The number of ether oxygens (including phenoxy) is 1. The van der Waals surface area contributed by atoms with E-state index in [0.29, 0.717) is 0 Å². The standard InChI is InChI=1S/C16H25NO/c1-4-5-6-7-8-11-18-16-10-9-15(14(3)17)12-13(16)2/h4,9-10,12,14H,1,5-8,11,17H2,2-3H3/t14-/m0/s1. The second kappa shape index (κ2) is 7.93. The summed E-state index contributed by atoms with van der Waals surface area (Å²) in [6.45, 7) is 8.57. The van der Waals surface area contributed by atoms with Crippen molar-refractivity contribution in [1.82, 2.24) is 0 Å². The van der Waals surface area contributed by atoms with Crippen LogP contribution in [0.15, 0.2) is 30.9 Å². The Bertz CT molecular complexity index is 371. The van der Waals surface area contributed by atoms with Gasteiger partial charge in [0.25, 0.3) is 0 Å². The fourth-order valence-corrected chi connectivity index (χ4v) is 1.87. The summed E-state index contributed by atoms with van der Waals surface area (Å²) in [5.41, 5.74) is 8.17. The first-order valence-corrected chi connectivity index (χ1v) is 6.75. The lowest BCUT2D eigenvalue weighted by Crippen LogP contribution is -2.06. The van der Waals surface area contributed by atoms with Crippen LogP contribution in [0, 0.1) is 6.92 Å². The molecule has 0 fully saturated rings. The van der Waals surface area contributed by atoms with Gasteiger partial charge in [-0.2, -0.15) is 0 Å². The van der Waals surface area contributed by atoms with Crippen LogP contribution in [-0.2, 0) is 0 Å². The third-order valence-corrected chi connectivity index (χ3v) is 3.03. The largest absolute Gasteiger partial charge is 0.493 e. The molecule has 0 aromatic heterocycles. The predicted octanol–water partition coefficient (Wildman–Crippen LogP) is 4.14. The van der Waals surface area contributed by atoms with Crippen LogP contribution in [0.25, 0.3) is 0 Å². The number of benzene rings is 1. The van der Waals surface area contributed by atoms with E-state index in [4.69, 9.17) is 10.5 Å². The molecule has 0 bridgehead atoms. The van der Waals surface area contributed by atoms with Crippen LogP contribution in [0.3, 0.4) is 0 Å². The van der Waals surface area contributed by atoms with Crippen molar-refractivity contribution in [3.63, 3.8) is 0 Å². The molecule has 2 N–H and O–H groups in total. The van der Waals surface area contributed by atoms with E-state index in [1.54, 1.807) is 0 Å². The van der Waals surface area contributed by atoms with Crippen molar-refractivity contribution in [3.8, 4) is 5.75 Å². The lowest BCUT2D eigenvalue weighted by molar-refractivity contribution is 0.303. The molecule has 1 aromatic carbocycles. The Hall–Kier alpha value is -1.28. The molecule has 0 aliphatic rings. The van der Waals surface area contributed by atoms with Gasteiger partial charge in [0.05, 0.1) is 6.61 Å². The van der Waals surface area contributed by atoms with Crippen LogP contribution in [0.1, 0.15) is 49.8 Å². The van der Waals surface area contributed by atoms with Gasteiger partial charge in [0.15, 0.2) is 0 Å². The van der Waals surface area contributed by atoms with E-state index in [9.17, 15) is 0 Å². The second-order valence-corrected chi connectivity index (χ2v) is 4.80. The number of rotatable bonds is 8. The highest BCUT2D eigenvalue weighted by molar-refractivity contribution is 5.37. The van der Waals surface area contributed by atoms with Gasteiger partial charge in [-0.1, -0.05) is 18.2 Å². The van der Waals surface area contributed by atoms with Crippen LogP contribution >= 0.6 is 0 Å². The monoisotopic (exact) mass is 247 g/mol. The fraction of sp³-hybridized carbons (Fsp3) is 0.500. The van der Waals surface area contributed by atoms with Crippen molar-refractivity contribution in [2.75, 3.05) is 6.61 Å². The van der Waals surface area contributed by atoms with Crippen LogP contribution in [0.2, 0.25) is 0 Å². The minimum Gasteiger partial charge on any atom is -0.493 e. The van der Waals surface area contributed by atoms with Gasteiger partial charge in [-0.25, -0.2) is 0 Å². The number of allylic oxidation sites excluding steroid dienone is 1. The first kappa shape index (κ1) is 14.8. The van der Waals surface area contributed by atoms with E-state index >= 15 is 0 Å². The molecule has 18 heavy (non-hydrogen) atoms. The average molecular weight is 247 g/mol. The maximum Gasteiger partial charge on any atom is 0.122 e. The molecule has 0 saturated heterocycles. The molecular weight excluding hydrogens is 222 g/mol. The second-order valence-electron chi connectivity index (χ2n) is 4.80. The summed E-state index contributed by atoms with van der Waals surface area (Å²) >= 11 is 0. The van der Waals surface area contributed by atoms with Crippen molar-refractivity contribution in [2.24, 2.45) is 5.73 Å². The van der Waals surface area contributed by atoms with Gasteiger partial charge >= 0.3 is 0 Å². The lowest BCUT2D eigenvalue weighted by Gasteiger charge is -2.12. The van der Waals surface area contributed by atoms with Crippen molar-refractivity contribution in [1.29, 1.82) is 0 Å². The van der Waals surface area contributed by atoms with E-state index < -0.39 is 0 Å². The van der Waals surface area contributed by atoms with Crippen molar-refractivity contribution >= 4 is 0 Å². The Balaban J connectivity index is 2.36. The molecule has 1 aromatic rings. The smallest absolute Gasteiger partial charge is 0.122 e.